The Bertz CT molecular complexity index is 1150. The number of thiocarbonyl (C=S) groups is 1. The highest BCUT2D eigenvalue weighted by Gasteiger charge is 2.17. The van der Waals surface area contributed by atoms with Crippen molar-refractivity contribution in [1.82, 2.24) is 29.7 Å². The maximum absolute atomic E-state index is 6.00. The van der Waals surface area contributed by atoms with Gasteiger partial charge in [-0.15, -0.1) is 0 Å². The number of halogens is 1. The van der Waals surface area contributed by atoms with Gasteiger partial charge in [0.05, 0.1) is 6.33 Å². The maximum atomic E-state index is 6.00. The summed E-state index contributed by atoms with van der Waals surface area (Å²) in [6.45, 7) is 7.25. The van der Waals surface area contributed by atoms with Gasteiger partial charge < -0.3 is 20.1 Å². The minimum atomic E-state index is 0.547. The van der Waals surface area contributed by atoms with Crippen molar-refractivity contribution >= 4 is 56.4 Å². The smallest absolute Gasteiger partial charge is 0.208 e. The molecule has 1 aromatic carbocycles. The molecule has 0 bridgehead atoms. The lowest BCUT2D eigenvalue weighted by atomic mass is 10.2. The first-order valence-electron chi connectivity index (χ1n) is 11.0. The van der Waals surface area contributed by atoms with Gasteiger partial charge in [-0.1, -0.05) is 35.1 Å². The molecular formula is C22H29ClN8S2. The fourth-order valence-electron chi connectivity index (χ4n) is 3.90. The van der Waals surface area contributed by atoms with E-state index < -0.39 is 0 Å². The fraction of sp³-hybridized carbons (Fsp3) is 0.455. The summed E-state index contributed by atoms with van der Waals surface area (Å²) in [5.74, 6) is 0. The Balaban J connectivity index is 1.31. The van der Waals surface area contributed by atoms with Crippen molar-refractivity contribution in [3.63, 3.8) is 0 Å². The van der Waals surface area contributed by atoms with Crippen LogP contribution in [0.25, 0.3) is 11.2 Å². The van der Waals surface area contributed by atoms with Crippen LogP contribution >= 0.6 is 35.2 Å². The minimum absolute atomic E-state index is 0.547. The Morgan fingerprint density at radius 2 is 1.88 bits per heavy atom. The highest BCUT2D eigenvalue weighted by atomic mass is 35.5. The zero-order valence-electron chi connectivity index (χ0n) is 18.9. The van der Waals surface area contributed by atoms with Crippen LogP contribution in [0.3, 0.4) is 0 Å². The molecule has 0 amide bonds. The molecule has 0 saturated carbocycles. The molecule has 0 aliphatic carbocycles. The number of imidazole rings is 1. The van der Waals surface area contributed by atoms with Crippen molar-refractivity contribution in [2.45, 2.75) is 19.5 Å². The molecule has 4 rings (SSSR count). The van der Waals surface area contributed by atoms with E-state index in [1.807, 2.05) is 18.5 Å². The molecule has 1 saturated heterocycles. The number of aromatic nitrogens is 3. The van der Waals surface area contributed by atoms with Gasteiger partial charge in [0, 0.05) is 58.4 Å². The Hall–Kier alpha value is -2.11. The number of nitrogens with zero attached hydrogens (tertiary/aromatic N) is 6. The summed E-state index contributed by atoms with van der Waals surface area (Å²) in [7, 11) is 3.54. The molecule has 11 heteroatoms. The molecule has 0 radical (unpaired) electrons. The first kappa shape index (κ1) is 24.0. The van der Waals surface area contributed by atoms with Crippen LogP contribution in [0, 0.1) is 0 Å². The Morgan fingerprint density at radius 3 is 2.58 bits per heavy atom. The van der Waals surface area contributed by atoms with E-state index in [0.29, 0.717) is 9.91 Å². The van der Waals surface area contributed by atoms with Crippen LogP contribution in [0.15, 0.2) is 35.6 Å². The molecule has 1 aliphatic heterocycles. The largest absolute Gasteiger partial charge is 0.366 e. The van der Waals surface area contributed by atoms with Crippen molar-refractivity contribution in [1.29, 1.82) is 0 Å². The van der Waals surface area contributed by atoms with Crippen molar-refractivity contribution in [2.75, 3.05) is 52.1 Å². The average Bonchev–Trinajstić information content (AvgIpc) is 3.24. The van der Waals surface area contributed by atoms with Gasteiger partial charge in [-0.3, -0.25) is 9.89 Å². The molecule has 2 N–H and O–H groups in total. The van der Waals surface area contributed by atoms with Gasteiger partial charge in [0.2, 0.25) is 4.80 Å². The molecule has 176 valence electrons. The summed E-state index contributed by atoms with van der Waals surface area (Å²) in [6, 6.07) is 8.16. The quantitative estimate of drug-likeness (QED) is 0.479. The number of piperazine rings is 1. The highest BCUT2D eigenvalue weighted by molar-refractivity contribution is 7.80. The van der Waals surface area contributed by atoms with Gasteiger partial charge in [0.15, 0.2) is 10.8 Å². The van der Waals surface area contributed by atoms with Crippen LogP contribution in [-0.4, -0.2) is 76.3 Å². The van der Waals surface area contributed by atoms with Crippen molar-refractivity contribution in [2.24, 2.45) is 4.99 Å². The van der Waals surface area contributed by atoms with E-state index in [1.54, 1.807) is 14.1 Å². The predicted octanol–water partition coefficient (Wildman–Crippen LogP) is 2.80. The van der Waals surface area contributed by atoms with Gasteiger partial charge >= 0.3 is 0 Å². The summed E-state index contributed by atoms with van der Waals surface area (Å²) in [5.41, 5.74) is 2.97. The van der Waals surface area contributed by atoms with E-state index in [2.05, 4.69) is 52.1 Å². The Labute approximate surface area is 208 Å². The Kier molecular flexibility index (Phi) is 8.26. The second kappa shape index (κ2) is 11.3. The monoisotopic (exact) mass is 504 g/mol. The summed E-state index contributed by atoms with van der Waals surface area (Å²) in [5, 5.41) is 8.33. The summed E-state index contributed by atoms with van der Waals surface area (Å²) in [6.07, 6.45) is 2.90. The Morgan fingerprint density at radius 1 is 1.15 bits per heavy atom. The zero-order valence-corrected chi connectivity index (χ0v) is 21.3. The summed E-state index contributed by atoms with van der Waals surface area (Å²) >= 11 is 12.7. The van der Waals surface area contributed by atoms with Gasteiger partial charge in [-0.05, 0) is 42.9 Å². The molecule has 1 fully saturated rings. The molecule has 33 heavy (non-hydrogen) atoms. The molecular weight excluding hydrogens is 476 g/mol. The number of hydrogen-bond acceptors (Lipinski definition) is 7. The molecule has 1 aliphatic rings. The van der Waals surface area contributed by atoms with Gasteiger partial charge in [-0.2, -0.15) is 4.98 Å². The lowest BCUT2D eigenvalue weighted by molar-refractivity contribution is 0.125. The van der Waals surface area contributed by atoms with Crippen LogP contribution in [-0.2, 0) is 13.1 Å². The van der Waals surface area contributed by atoms with Crippen LogP contribution in [0.4, 0.5) is 5.00 Å². The first-order valence-corrected chi connectivity index (χ1v) is 12.6. The van der Waals surface area contributed by atoms with E-state index in [1.165, 1.54) is 16.9 Å². The number of aryl methyl sites for hydroxylation is 1. The van der Waals surface area contributed by atoms with Crippen LogP contribution in [0.2, 0.25) is 5.02 Å². The minimum Gasteiger partial charge on any atom is -0.366 e. The number of rotatable bonds is 7. The first-order chi connectivity index (χ1) is 16.1. The number of fused-ring (bicyclic) bond motifs is 1. The number of benzene rings is 1. The van der Waals surface area contributed by atoms with Crippen LogP contribution in [0.5, 0.6) is 0 Å². The molecule has 0 spiro atoms. The molecule has 3 heterocycles. The van der Waals surface area contributed by atoms with E-state index >= 15 is 0 Å². The lowest BCUT2D eigenvalue weighted by Crippen LogP contribution is -2.46. The molecule has 8 nitrogen and oxygen atoms in total. The third kappa shape index (κ3) is 6.27. The molecule has 3 aromatic rings. The van der Waals surface area contributed by atoms with Gasteiger partial charge in [0.25, 0.3) is 0 Å². The van der Waals surface area contributed by atoms with Crippen molar-refractivity contribution in [3.05, 3.63) is 46.0 Å². The van der Waals surface area contributed by atoms with E-state index in [4.69, 9.17) is 23.8 Å². The second-order valence-electron chi connectivity index (χ2n) is 7.96. The third-order valence-electron chi connectivity index (χ3n) is 5.72. The predicted molar refractivity (Wildman–Crippen MR) is 140 cm³/mol. The lowest BCUT2D eigenvalue weighted by Gasteiger charge is -2.34. The topological polar surface area (TPSA) is 73.6 Å². The number of hydrogen-bond donors (Lipinski definition) is 2. The van der Waals surface area contributed by atoms with E-state index in [9.17, 15) is 0 Å². The van der Waals surface area contributed by atoms with E-state index in [0.717, 1.165) is 73.4 Å². The van der Waals surface area contributed by atoms with Crippen LogP contribution < -0.4 is 15.4 Å². The summed E-state index contributed by atoms with van der Waals surface area (Å²) < 4.78 is 2.11. The average molecular weight is 505 g/mol. The fourth-order valence-corrected chi connectivity index (χ4v) is 4.99. The standard InChI is InChI=1S/C22H29ClN8S2/c1-24-21(32)28-20-18-19(27-22(25-2)33-20)31(15-26-18)9-3-8-29-10-12-30(13-11-29)14-16-4-6-17(23)7-5-16/h4-7,15H,3,8-14H2,1-2H3,(H2,24,28,32). The number of anilines is 1. The normalized spacial score (nSPS) is 15.8. The molecule has 0 unspecified atom stereocenters. The second-order valence-corrected chi connectivity index (χ2v) is 9.78. The number of nitrogens with one attached hydrogen (secondary N) is 2. The van der Waals surface area contributed by atoms with Crippen molar-refractivity contribution < 1.29 is 0 Å². The third-order valence-corrected chi connectivity index (χ3v) is 7.24. The highest BCUT2D eigenvalue weighted by Crippen LogP contribution is 2.22. The molecule has 0 atom stereocenters. The molecule has 2 aromatic heterocycles. The SMILES string of the molecule is CN=c1nc2c(ncn2CCCN2CCN(Cc3ccc(Cl)cc3)CC2)c(NC(=S)NC)s1. The van der Waals surface area contributed by atoms with E-state index in [-0.39, 0.29) is 0 Å². The van der Waals surface area contributed by atoms with Gasteiger partial charge in [-0.25, -0.2) is 4.98 Å². The summed E-state index contributed by atoms with van der Waals surface area (Å²) in [4.78, 5) is 19.3. The zero-order chi connectivity index (χ0) is 23.2. The van der Waals surface area contributed by atoms with Gasteiger partial charge in [0.1, 0.15) is 10.5 Å². The van der Waals surface area contributed by atoms with Crippen molar-refractivity contribution in [3.8, 4) is 0 Å². The maximum Gasteiger partial charge on any atom is 0.208 e. The van der Waals surface area contributed by atoms with Crippen LogP contribution in [0.1, 0.15) is 12.0 Å².